The van der Waals surface area contributed by atoms with Crippen LogP contribution in [0.4, 0.5) is 0 Å². The molecule has 1 aromatic carbocycles. The van der Waals surface area contributed by atoms with Crippen molar-refractivity contribution in [3.63, 3.8) is 0 Å². The maximum Gasteiger partial charge on any atom is 0.337 e. The molecule has 1 heterocycles. The van der Waals surface area contributed by atoms with Gasteiger partial charge in [-0.2, -0.15) is 5.10 Å². The average Bonchev–Trinajstić information content (AvgIpc) is 3.20. The lowest BCUT2D eigenvalue weighted by Crippen LogP contribution is -2.30. The lowest BCUT2D eigenvalue weighted by atomic mass is 9.89. The molecular formula is C22H29N3O3S. The molecule has 0 saturated heterocycles. The van der Waals surface area contributed by atoms with Crippen molar-refractivity contribution in [3.05, 3.63) is 41.6 Å². The molecule has 1 aromatic heterocycles. The van der Waals surface area contributed by atoms with Gasteiger partial charge < -0.3 is 10.1 Å². The minimum atomic E-state index is -0.375. The number of nitrogens with zero attached hydrogens (tertiary/aromatic N) is 2. The molecule has 0 aliphatic heterocycles. The van der Waals surface area contributed by atoms with E-state index in [1.54, 1.807) is 34.8 Å². The first-order valence-electron chi connectivity index (χ1n) is 10.3. The standard InChI is InChI=1S/C22H29N3O3S/c1-3-13-29-21-19(20(26)23-14-16-7-5-4-6-8-16)15-24-25(21)18-11-9-17(10-12-18)22(27)28-2/h9-12,15-16H,3-8,13-14H2,1-2H3,(H,23,26). The van der Waals surface area contributed by atoms with Crippen LogP contribution in [-0.2, 0) is 4.74 Å². The zero-order valence-corrected chi connectivity index (χ0v) is 18.0. The van der Waals surface area contributed by atoms with Crippen molar-refractivity contribution < 1.29 is 14.3 Å². The summed E-state index contributed by atoms with van der Waals surface area (Å²) in [7, 11) is 1.36. The molecule has 1 amide bonds. The fourth-order valence-electron chi connectivity index (χ4n) is 3.59. The SMILES string of the molecule is CCCSc1c(C(=O)NCC2CCCCC2)cnn1-c1ccc(C(=O)OC)cc1. The lowest BCUT2D eigenvalue weighted by molar-refractivity contribution is 0.0600. The van der Waals surface area contributed by atoms with Gasteiger partial charge in [0.05, 0.1) is 30.1 Å². The normalized spacial score (nSPS) is 14.6. The van der Waals surface area contributed by atoms with Crippen LogP contribution in [0.25, 0.3) is 5.69 Å². The number of carbonyl (C=O) groups is 2. The van der Waals surface area contributed by atoms with Gasteiger partial charge in [0.1, 0.15) is 5.03 Å². The molecule has 6 nitrogen and oxygen atoms in total. The van der Waals surface area contributed by atoms with Crippen LogP contribution in [0.5, 0.6) is 0 Å². The molecule has 0 radical (unpaired) electrons. The zero-order valence-electron chi connectivity index (χ0n) is 17.1. The van der Waals surface area contributed by atoms with E-state index in [-0.39, 0.29) is 11.9 Å². The molecule has 1 aliphatic carbocycles. The van der Waals surface area contributed by atoms with Crippen LogP contribution < -0.4 is 5.32 Å². The van der Waals surface area contributed by atoms with E-state index in [1.807, 2.05) is 12.1 Å². The fraction of sp³-hybridized carbons (Fsp3) is 0.500. The van der Waals surface area contributed by atoms with Crippen molar-refractivity contribution in [2.75, 3.05) is 19.4 Å². The summed E-state index contributed by atoms with van der Waals surface area (Å²) in [4.78, 5) is 24.5. The Hall–Kier alpha value is -2.28. The summed E-state index contributed by atoms with van der Waals surface area (Å²) in [6, 6.07) is 7.05. The predicted octanol–water partition coefficient (Wildman–Crippen LogP) is 4.47. The van der Waals surface area contributed by atoms with Crippen LogP contribution in [0, 0.1) is 5.92 Å². The molecular weight excluding hydrogens is 386 g/mol. The first-order chi connectivity index (χ1) is 14.1. The van der Waals surface area contributed by atoms with Crippen LogP contribution in [-0.4, -0.2) is 41.1 Å². The van der Waals surface area contributed by atoms with Gasteiger partial charge in [-0.25, -0.2) is 9.48 Å². The van der Waals surface area contributed by atoms with Gasteiger partial charge in [-0.1, -0.05) is 26.2 Å². The Morgan fingerprint density at radius 3 is 2.59 bits per heavy atom. The second kappa shape index (κ2) is 10.5. The van der Waals surface area contributed by atoms with E-state index in [0.29, 0.717) is 17.0 Å². The Labute approximate surface area is 176 Å². The summed E-state index contributed by atoms with van der Waals surface area (Å²) < 4.78 is 6.53. The summed E-state index contributed by atoms with van der Waals surface area (Å²) in [6.07, 6.45) is 8.87. The fourth-order valence-corrected chi connectivity index (χ4v) is 4.57. The van der Waals surface area contributed by atoms with E-state index in [2.05, 4.69) is 17.3 Å². The van der Waals surface area contributed by atoms with Gasteiger partial charge in [-0.05, 0) is 55.2 Å². The van der Waals surface area contributed by atoms with Gasteiger partial charge in [0.15, 0.2) is 0 Å². The highest BCUT2D eigenvalue weighted by molar-refractivity contribution is 7.99. The highest BCUT2D eigenvalue weighted by atomic mass is 32.2. The van der Waals surface area contributed by atoms with Crippen molar-refractivity contribution in [1.29, 1.82) is 0 Å². The van der Waals surface area contributed by atoms with E-state index in [4.69, 9.17) is 4.74 Å². The number of benzene rings is 1. The summed E-state index contributed by atoms with van der Waals surface area (Å²) in [5, 5.41) is 8.42. The molecule has 7 heteroatoms. The quantitative estimate of drug-likeness (QED) is 0.509. The minimum absolute atomic E-state index is 0.0633. The Balaban J connectivity index is 1.78. The van der Waals surface area contributed by atoms with Crippen molar-refractivity contribution >= 4 is 23.6 Å². The van der Waals surface area contributed by atoms with Gasteiger partial charge in [-0.3, -0.25) is 4.79 Å². The molecule has 3 rings (SSSR count). The van der Waals surface area contributed by atoms with Crippen molar-refractivity contribution in [2.45, 2.75) is 50.5 Å². The molecule has 1 saturated carbocycles. The van der Waals surface area contributed by atoms with Gasteiger partial charge >= 0.3 is 5.97 Å². The number of esters is 1. The summed E-state index contributed by atoms with van der Waals surface area (Å²) in [5.41, 5.74) is 1.90. The number of ether oxygens (including phenoxy) is 1. The number of rotatable bonds is 8. The van der Waals surface area contributed by atoms with Crippen molar-refractivity contribution in [2.24, 2.45) is 5.92 Å². The molecule has 156 valence electrons. The Bertz CT molecular complexity index is 826. The minimum Gasteiger partial charge on any atom is -0.465 e. The third-order valence-electron chi connectivity index (χ3n) is 5.22. The maximum absolute atomic E-state index is 12.9. The highest BCUT2D eigenvalue weighted by Crippen LogP contribution is 2.27. The number of nitrogens with one attached hydrogen (secondary N) is 1. The van der Waals surface area contributed by atoms with E-state index in [1.165, 1.54) is 39.2 Å². The Morgan fingerprint density at radius 2 is 1.93 bits per heavy atom. The second-order valence-electron chi connectivity index (χ2n) is 7.38. The molecule has 0 atom stereocenters. The summed E-state index contributed by atoms with van der Waals surface area (Å²) in [6.45, 7) is 2.84. The van der Waals surface area contributed by atoms with Gasteiger partial charge in [0.25, 0.3) is 5.91 Å². The number of carbonyl (C=O) groups excluding carboxylic acids is 2. The van der Waals surface area contributed by atoms with E-state index in [0.717, 1.165) is 29.4 Å². The Morgan fingerprint density at radius 1 is 1.21 bits per heavy atom. The molecule has 1 fully saturated rings. The second-order valence-corrected chi connectivity index (χ2v) is 8.46. The maximum atomic E-state index is 12.9. The summed E-state index contributed by atoms with van der Waals surface area (Å²) >= 11 is 1.63. The van der Waals surface area contributed by atoms with Crippen LogP contribution in [0.1, 0.15) is 66.2 Å². The van der Waals surface area contributed by atoms with Crippen LogP contribution in [0.2, 0.25) is 0 Å². The van der Waals surface area contributed by atoms with E-state index >= 15 is 0 Å². The number of hydrogen-bond acceptors (Lipinski definition) is 5. The molecule has 1 aliphatic rings. The number of amides is 1. The first-order valence-corrected chi connectivity index (χ1v) is 11.3. The molecule has 0 unspecified atom stereocenters. The van der Waals surface area contributed by atoms with Crippen LogP contribution in [0.3, 0.4) is 0 Å². The third kappa shape index (κ3) is 5.41. The van der Waals surface area contributed by atoms with Crippen molar-refractivity contribution in [3.8, 4) is 5.69 Å². The number of aromatic nitrogens is 2. The topological polar surface area (TPSA) is 73.2 Å². The first kappa shape index (κ1) is 21.4. The van der Waals surface area contributed by atoms with Crippen molar-refractivity contribution in [1.82, 2.24) is 15.1 Å². The van der Waals surface area contributed by atoms with Gasteiger partial charge in [0.2, 0.25) is 0 Å². The van der Waals surface area contributed by atoms with Gasteiger partial charge in [-0.15, -0.1) is 11.8 Å². The van der Waals surface area contributed by atoms with E-state index in [9.17, 15) is 9.59 Å². The Kier molecular flexibility index (Phi) is 7.75. The number of thioether (sulfide) groups is 1. The molecule has 0 bridgehead atoms. The summed E-state index contributed by atoms with van der Waals surface area (Å²) in [5.74, 6) is 1.04. The van der Waals surface area contributed by atoms with Gasteiger partial charge in [0, 0.05) is 6.54 Å². The zero-order chi connectivity index (χ0) is 20.6. The monoisotopic (exact) mass is 415 g/mol. The van der Waals surface area contributed by atoms with E-state index < -0.39 is 0 Å². The predicted molar refractivity (Wildman–Crippen MR) is 115 cm³/mol. The van der Waals surface area contributed by atoms with Crippen LogP contribution in [0.15, 0.2) is 35.5 Å². The molecule has 1 N–H and O–H groups in total. The number of hydrogen-bond donors (Lipinski definition) is 1. The lowest BCUT2D eigenvalue weighted by Gasteiger charge is -2.21. The highest BCUT2D eigenvalue weighted by Gasteiger charge is 2.21. The molecule has 0 spiro atoms. The smallest absolute Gasteiger partial charge is 0.337 e. The average molecular weight is 416 g/mol. The molecule has 29 heavy (non-hydrogen) atoms. The third-order valence-corrected chi connectivity index (χ3v) is 6.50. The number of methoxy groups -OCH3 is 1. The van der Waals surface area contributed by atoms with Crippen LogP contribution >= 0.6 is 11.8 Å². The molecule has 2 aromatic rings. The largest absolute Gasteiger partial charge is 0.465 e.